The zero-order valence-corrected chi connectivity index (χ0v) is 10.8. The van der Waals surface area contributed by atoms with Crippen molar-refractivity contribution >= 4 is 28.9 Å². The summed E-state index contributed by atoms with van der Waals surface area (Å²) in [5.74, 6) is 0. The van der Waals surface area contributed by atoms with Crippen LogP contribution in [0.3, 0.4) is 0 Å². The van der Waals surface area contributed by atoms with E-state index in [4.69, 9.17) is 23.2 Å². The van der Waals surface area contributed by atoms with E-state index in [9.17, 15) is 0 Å². The van der Waals surface area contributed by atoms with Gasteiger partial charge in [-0.3, -0.25) is 0 Å². The topological polar surface area (TPSA) is 12.0 Å². The first-order valence-electron chi connectivity index (χ1n) is 5.48. The Morgan fingerprint density at radius 1 is 0.941 bits per heavy atom. The van der Waals surface area contributed by atoms with Crippen molar-refractivity contribution in [3.8, 4) is 0 Å². The molecule has 0 radical (unpaired) electrons. The lowest BCUT2D eigenvalue weighted by atomic mass is 10.1. The van der Waals surface area contributed by atoms with Crippen molar-refractivity contribution < 1.29 is 0 Å². The quantitative estimate of drug-likeness (QED) is 0.849. The van der Waals surface area contributed by atoms with Crippen LogP contribution in [0, 0.1) is 0 Å². The first-order chi connectivity index (χ1) is 8.25. The van der Waals surface area contributed by atoms with Gasteiger partial charge in [0.15, 0.2) is 0 Å². The van der Waals surface area contributed by atoms with Gasteiger partial charge in [0.2, 0.25) is 0 Å². The molecule has 0 heterocycles. The monoisotopic (exact) mass is 265 g/mol. The first-order valence-corrected chi connectivity index (χ1v) is 6.24. The van der Waals surface area contributed by atoms with Crippen LogP contribution < -0.4 is 5.32 Å². The summed E-state index contributed by atoms with van der Waals surface area (Å²) in [4.78, 5) is 0. The van der Waals surface area contributed by atoms with E-state index in [1.165, 1.54) is 5.56 Å². The van der Waals surface area contributed by atoms with Crippen molar-refractivity contribution in [3.05, 3.63) is 64.1 Å². The number of halogens is 2. The van der Waals surface area contributed by atoms with Crippen LogP contribution in [-0.4, -0.2) is 6.54 Å². The van der Waals surface area contributed by atoms with Gasteiger partial charge in [-0.2, -0.15) is 0 Å². The lowest BCUT2D eigenvalue weighted by Gasteiger charge is -2.08. The molecule has 88 valence electrons. The van der Waals surface area contributed by atoms with Gasteiger partial charge in [-0.05, 0) is 30.2 Å². The molecule has 2 rings (SSSR count). The lowest BCUT2D eigenvalue weighted by Crippen LogP contribution is -2.05. The van der Waals surface area contributed by atoms with E-state index < -0.39 is 0 Å². The average molecular weight is 266 g/mol. The summed E-state index contributed by atoms with van der Waals surface area (Å²) in [7, 11) is 0. The third-order valence-electron chi connectivity index (χ3n) is 2.50. The lowest BCUT2D eigenvalue weighted by molar-refractivity contribution is 1.02. The molecule has 1 nitrogen and oxygen atoms in total. The van der Waals surface area contributed by atoms with E-state index in [1.54, 1.807) is 12.1 Å². The third-order valence-corrected chi connectivity index (χ3v) is 3.07. The Kier molecular flexibility index (Phi) is 4.29. The highest BCUT2D eigenvalue weighted by Gasteiger charge is 2.00. The second-order valence-electron chi connectivity index (χ2n) is 3.79. The molecular weight excluding hydrogens is 253 g/mol. The molecule has 2 aromatic rings. The Morgan fingerprint density at radius 3 is 2.47 bits per heavy atom. The first kappa shape index (κ1) is 12.3. The highest BCUT2D eigenvalue weighted by molar-refractivity contribution is 6.35. The van der Waals surface area contributed by atoms with E-state index in [2.05, 4.69) is 17.4 Å². The average Bonchev–Trinajstić information content (AvgIpc) is 2.35. The zero-order valence-electron chi connectivity index (χ0n) is 9.29. The van der Waals surface area contributed by atoms with Crippen LogP contribution in [0.5, 0.6) is 0 Å². The molecule has 0 bridgehead atoms. The summed E-state index contributed by atoms with van der Waals surface area (Å²) in [5.41, 5.74) is 2.19. The largest absolute Gasteiger partial charge is 0.383 e. The molecule has 0 saturated carbocycles. The number of anilines is 1. The number of benzene rings is 2. The predicted molar refractivity (Wildman–Crippen MR) is 75.1 cm³/mol. The van der Waals surface area contributed by atoms with Crippen LogP contribution in [0.2, 0.25) is 10.0 Å². The maximum atomic E-state index is 6.06. The summed E-state index contributed by atoms with van der Waals surface area (Å²) >= 11 is 12.0. The normalized spacial score (nSPS) is 10.2. The zero-order chi connectivity index (χ0) is 12.1. The summed E-state index contributed by atoms with van der Waals surface area (Å²) < 4.78 is 0. The standard InChI is InChI=1S/C14H13Cl2N/c15-12-6-7-13(16)14(10-12)17-9-8-11-4-2-1-3-5-11/h1-7,10,17H,8-9H2. The fourth-order valence-electron chi connectivity index (χ4n) is 1.62. The van der Waals surface area contributed by atoms with Crippen molar-refractivity contribution in [1.29, 1.82) is 0 Å². The molecular formula is C14H13Cl2N. The Balaban J connectivity index is 1.92. The van der Waals surface area contributed by atoms with Gasteiger partial charge in [0.1, 0.15) is 0 Å². The molecule has 0 unspecified atom stereocenters. The van der Waals surface area contributed by atoms with Gasteiger partial charge < -0.3 is 5.32 Å². The van der Waals surface area contributed by atoms with Crippen molar-refractivity contribution in [2.45, 2.75) is 6.42 Å². The van der Waals surface area contributed by atoms with Gasteiger partial charge in [-0.25, -0.2) is 0 Å². The van der Waals surface area contributed by atoms with Crippen molar-refractivity contribution in [1.82, 2.24) is 0 Å². The molecule has 0 saturated heterocycles. The van der Waals surface area contributed by atoms with Gasteiger partial charge in [0, 0.05) is 11.6 Å². The predicted octanol–water partition coefficient (Wildman–Crippen LogP) is 4.65. The summed E-state index contributed by atoms with van der Waals surface area (Å²) in [5, 5.41) is 4.67. The van der Waals surface area contributed by atoms with Crippen molar-refractivity contribution in [2.24, 2.45) is 0 Å². The van der Waals surface area contributed by atoms with Crippen molar-refractivity contribution in [2.75, 3.05) is 11.9 Å². The SMILES string of the molecule is Clc1ccc(Cl)c(NCCc2ccccc2)c1. The molecule has 0 aliphatic carbocycles. The fourth-order valence-corrected chi connectivity index (χ4v) is 1.98. The molecule has 17 heavy (non-hydrogen) atoms. The number of nitrogens with one attached hydrogen (secondary N) is 1. The van der Waals surface area contributed by atoms with Crippen LogP contribution >= 0.6 is 23.2 Å². The molecule has 0 aliphatic heterocycles. The Bertz CT molecular complexity index is 483. The van der Waals surface area contributed by atoms with E-state index in [-0.39, 0.29) is 0 Å². The van der Waals surface area contributed by atoms with Crippen LogP contribution in [0.25, 0.3) is 0 Å². The minimum Gasteiger partial charge on any atom is -0.383 e. The Labute approximate surface area is 111 Å². The van der Waals surface area contributed by atoms with Crippen LogP contribution in [0.15, 0.2) is 48.5 Å². The van der Waals surface area contributed by atoms with Gasteiger partial charge in [-0.1, -0.05) is 53.5 Å². The Hall–Kier alpha value is -1.18. The molecule has 0 amide bonds. The minimum absolute atomic E-state index is 0.691. The van der Waals surface area contributed by atoms with E-state index in [1.807, 2.05) is 24.3 Å². The number of hydrogen-bond acceptors (Lipinski definition) is 1. The molecule has 1 N–H and O–H groups in total. The summed E-state index contributed by atoms with van der Waals surface area (Å²) in [6.45, 7) is 0.837. The van der Waals surface area contributed by atoms with E-state index in [0.717, 1.165) is 18.7 Å². The molecule has 2 aromatic carbocycles. The molecule has 0 spiro atoms. The highest BCUT2D eigenvalue weighted by atomic mass is 35.5. The smallest absolute Gasteiger partial charge is 0.0638 e. The van der Waals surface area contributed by atoms with Gasteiger partial charge in [-0.15, -0.1) is 0 Å². The number of rotatable bonds is 4. The molecule has 0 fully saturated rings. The van der Waals surface area contributed by atoms with Crippen LogP contribution in [0.1, 0.15) is 5.56 Å². The van der Waals surface area contributed by atoms with Crippen LogP contribution in [0.4, 0.5) is 5.69 Å². The fraction of sp³-hybridized carbons (Fsp3) is 0.143. The van der Waals surface area contributed by atoms with Crippen LogP contribution in [-0.2, 0) is 6.42 Å². The van der Waals surface area contributed by atoms with Gasteiger partial charge in [0.05, 0.1) is 10.7 Å². The summed E-state index contributed by atoms with van der Waals surface area (Å²) in [6.07, 6.45) is 0.962. The maximum absolute atomic E-state index is 6.06. The highest BCUT2D eigenvalue weighted by Crippen LogP contribution is 2.25. The minimum atomic E-state index is 0.691. The second kappa shape index (κ2) is 5.95. The second-order valence-corrected chi connectivity index (χ2v) is 4.63. The molecule has 0 aliphatic rings. The van der Waals surface area contributed by atoms with Gasteiger partial charge >= 0.3 is 0 Å². The van der Waals surface area contributed by atoms with Gasteiger partial charge in [0.25, 0.3) is 0 Å². The molecule has 3 heteroatoms. The van der Waals surface area contributed by atoms with E-state index >= 15 is 0 Å². The number of hydrogen-bond donors (Lipinski definition) is 1. The Morgan fingerprint density at radius 2 is 1.71 bits per heavy atom. The van der Waals surface area contributed by atoms with E-state index in [0.29, 0.717) is 10.0 Å². The molecule has 0 atom stereocenters. The molecule has 0 aromatic heterocycles. The third kappa shape index (κ3) is 3.65. The maximum Gasteiger partial charge on any atom is 0.0638 e. The van der Waals surface area contributed by atoms with Crippen molar-refractivity contribution in [3.63, 3.8) is 0 Å². The summed E-state index contributed by atoms with van der Waals surface area (Å²) in [6, 6.07) is 15.8.